The number of rotatable bonds is 4. The van der Waals surface area contributed by atoms with Gasteiger partial charge in [-0.15, -0.1) is 0 Å². The molecule has 1 aliphatic carbocycles. The highest BCUT2D eigenvalue weighted by Gasteiger charge is 2.19. The third-order valence-electron chi connectivity index (χ3n) is 4.98. The number of carboxylic acid groups (broad SMARTS) is 2. The summed E-state index contributed by atoms with van der Waals surface area (Å²) in [6, 6.07) is 13.6. The summed E-state index contributed by atoms with van der Waals surface area (Å²) in [5, 5.41) is 17.3. The Labute approximate surface area is 159 Å². The predicted molar refractivity (Wildman–Crippen MR) is 104 cm³/mol. The molecule has 0 spiro atoms. The first-order chi connectivity index (χ1) is 12.9. The van der Waals surface area contributed by atoms with Gasteiger partial charge in [-0.2, -0.15) is 0 Å². The Morgan fingerprint density at radius 1 is 0.815 bits per heavy atom. The highest BCUT2D eigenvalue weighted by atomic mass is 16.5. The number of methoxy groups -OCH3 is 1. The summed E-state index contributed by atoms with van der Waals surface area (Å²) in [4.78, 5) is 21.1. The van der Waals surface area contributed by atoms with Crippen LogP contribution in [0, 0.1) is 5.92 Å². The van der Waals surface area contributed by atoms with Crippen LogP contribution in [-0.2, 0) is 0 Å². The molecular weight excluding hydrogens is 344 g/mol. The second kappa shape index (κ2) is 9.76. The summed E-state index contributed by atoms with van der Waals surface area (Å²) >= 11 is 0. The van der Waals surface area contributed by atoms with Crippen molar-refractivity contribution in [2.24, 2.45) is 5.92 Å². The van der Waals surface area contributed by atoms with E-state index >= 15 is 0 Å². The van der Waals surface area contributed by atoms with Crippen LogP contribution in [0.15, 0.2) is 48.5 Å². The number of hydrogen-bond donors (Lipinski definition) is 2. The number of hydrogen-bond acceptors (Lipinski definition) is 3. The van der Waals surface area contributed by atoms with Crippen LogP contribution in [0.4, 0.5) is 0 Å². The summed E-state index contributed by atoms with van der Waals surface area (Å²) < 4.78 is 4.86. The van der Waals surface area contributed by atoms with Gasteiger partial charge in [0.1, 0.15) is 5.75 Å². The molecule has 0 radical (unpaired) electrons. The standard InChI is InChI=1S/C14H18O2.C8H8O3/c1-10-2-4-11(5-3-10)12-6-8-13(9-7-12)14(15)16;1-11-7-4-2-6(3-5-7)8(9)10/h6-11H,2-5H2,1H3,(H,15,16);2-5H,1H3,(H,9,10). The molecule has 0 aromatic heterocycles. The van der Waals surface area contributed by atoms with Crippen LogP contribution in [-0.4, -0.2) is 29.3 Å². The largest absolute Gasteiger partial charge is 0.497 e. The van der Waals surface area contributed by atoms with E-state index < -0.39 is 11.9 Å². The third kappa shape index (κ3) is 6.13. The molecule has 0 heterocycles. The first kappa shape index (κ1) is 20.5. The molecule has 0 aliphatic heterocycles. The normalized spacial score (nSPS) is 18.7. The summed E-state index contributed by atoms with van der Waals surface area (Å²) in [5.74, 6) is 0.389. The lowest BCUT2D eigenvalue weighted by Crippen LogP contribution is -2.10. The van der Waals surface area contributed by atoms with Gasteiger partial charge in [0.05, 0.1) is 18.2 Å². The molecule has 0 saturated heterocycles. The van der Waals surface area contributed by atoms with E-state index in [9.17, 15) is 9.59 Å². The predicted octanol–water partition coefficient (Wildman–Crippen LogP) is 5.07. The Balaban J connectivity index is 0.000000208. The Kier molecular flexibility index (Phi) is 7.41. The van der Waals surface area contributed by atoms with E-state index in [0.29, 0.717) is 17.2 Å². The lowest BCUT2D eigenvalue weighted by Gasteiger charge is -2.26. The number of aromatic carboxylic acids is 2. The van der Waals surface area contributed by atoms with E-state index in [1.54, 1.807) is 24.3 Å². The van der Waals surface area contributed by atoms with Crippen molar-refractivity contribution in [2.45, 2.75) is 38.5 Å². The molecule has 2 aromatic rings. The number of benzene rings is 2. The second-order valence-corrected chi connectivity index (χ2v) is 6.92. The molecule has 3 rings (SSSR count). The maximum absolute atomic E-state index is 10.7. The first-order valence-electron chi connectivity index (χ1n) is 9.11. The fourth-order valence-corrected chi connectivity index (χ4v) is 3.22. The number of ether oxygens (including phenoxy) is 1. The van der Waals surface area contributed by atoms with E-state index in [1.165, 1.54) is 50.5 Å². The van der Waals surface area contributed by atoms with Crippen LogP contribution < -0.4 is 4.74 Å². The van der Waals surface area contributed by atoms with Gasteiger partial charge in [-0.3, -0.25) is 0 Å². The first-order valence-corrected chi connectivity index (χ1v) is 9.11. The van der Waals surface area contributed by atoms with Gasteiger partial charge in [0.2, 0.25) is 0 Å². The van der Waals surface area contributed by atoms with Gasteiger partial charge in [0.15, 0.2) is 0 Å². The molecule has 0 atom stereocenters. The Morgan fingerprint density at radius 3 is 1.67 bits per heavy atom. The van der Waals surface area contributed by atoms with Crippen molar-refractivity contribution in [2.75, 3.05) is 7.11 Å². The summed E-state index contributed by atoms with van der Waals surface area (Å²) in [5.41, 5.74) is 1.95. The van der Waals surface area contributed by atoms with Gasteiger partial charge < -0.3 is 14.9 Å². The van der Waals surface area contributed by atoms with Crippen molar-refractivity contribution in [3.63, 3.8) is 0 Å². The summed E-state index contributed by atoms with van der Waals surface area (Å²) in [6.07, 6.45) is 5.08. The summed E-state index contributed by atoms with van der Waals surface area (Å²) in [7, 11) is 1.54. The van der Waals surface area contributed by atoms with Crippen molar-refractivity contribution >= 4 is 11.9 Å². The van der Waals surface area contributed by atoms with Crippen LogP contribution in [0.3, 0.4) is 0 Å². The van der Waals surface area contributed by atoms with Gasteiger partial charge >= 0.3 is 11.9 Å². The highest BCUT2D eigenvalue weighted by Crippen LogP contribution is 2.35. The van der Waals surface area contributed by atoms with E-state index in [0.717, 1.165) is 5.92 Å². The highest BCUT2D eigenvalue weighted by molar-refractivity contribution is 5.88. The van der Waals surface area contributed by atoms with Gasteiger partial charge in [-0.25, -0.2) is 9.59 Å². The molecule has 5 nitrogen and oxygen atoms in total. The fourth-order valence-electron chi connectivity index (χ4n) is 3.22. The minimum absolute atomic E-state index is 0.269. The minimum Gasteiger partial charge on any atom is -0.497 e. The molecule has 1 aliphatic rings. The van der Waals surface area contributed by atoms with E-state index in [1.807, 2.05) is 12.1 Å². The van der Waals surface area contributed by atoms with Crippen molar-refractivity contribution in [3.8, 4) is 5.75 Å². The molecule has 27 heavy (non-hydrogen) atoms. The molecule has 0 amide bonds. The van der Waals surface area contributed by atoms with Crippen LogP contribution in [0.5, 0.6) is 5.75 Å². The fraction of sp³-hybridized carbons (Fsp3) is 0.364. The summed E-state index contributed by atoms with van der Waals surface area (Å²) in [6.45, 7) is 2.31. The molecule has 1 saturated carbocycles. The molecule has 2 aromatic carbocycles. The van der Waals surface area contributed by atoms with E-state index in [-0.39, 0.29) is 5.56 Å². The van der Waals surface area contributed by atoms with Gasteiger partial charge in [-0.1, -0.05) is 31.9 Å². The zero-order valence-electron chi connectivity index (χ0n) is 15.7. The molecular formula is C22H26O5. The number of carboxylic acids is 2. The van der Waals surface area contributed by atoms with E-state index in [4.69, 9.17) is 14.9 Å². The number of carbonyl (C=O) groups is 2. The average molecular weight is 370 g/mol. The van der Waals surface area contributed by atoms with Gasteiger partial charge in [-0.05, 0) is 66.6 Å². The Morgan fingerprint density at radius 2 is 1.26 bits per heavy atom. The second-order valence-electron chi connectivity index (χ2n) is 6.92. The van der Waals surface area contributed by atoms with Crippen molar-refractivity contribution in [1.82, 2.24) is 0 Å². The molecule has 5 heteroatoms. The zero-order valence-corrected chi connectivity index (χ0v) is 15.7. The zero-order chi connectivity index (χ0) is 19.8. The SMILES string of the molecule is CC1CCC(c2ccc(C(=O)O)cc2)CC1.COc1ccc(C(=O)O)cc1. The van der Waals surface area contributed by atoms with Crippen LogP contribution in [0.1, 0.15) is 64.8 Å². The molecule has 2 N–H and O–H groups in total. The quantitative estimate of drug-likeness (QED) is 0.785. The van der Waals surface area contributed by atoms with Crippen LogP contribution >= 0.6 is 0 Å². The molecule has 0 unspecified atom stereocenters. The maximum atomic E-state index is 10.7. The van der Waals surface area contributed by atoms with Crippen LogP contribution in [0.2, 0.25) is 0 Å². The van der Waals surface area contributed by atoms with Crippen molar-refractivity contribution in [1.29, 1.82) is 0 Å². The monoisotopic (exact) mass is 370 g/mol. The van der Waals surface area contributed by atoms with Gasteiger partial charge in [0, 0.05) is 0 Å². The lowest BCUT2D eigenvalue weighted by atomic mass is 9.79. The minimum atomic E-state index is -0.923. The topological polar surface area (TPSA) is 83.8 Å². The van der Waals surface area contributed by atoms with E-state index in [2.05, 4.69) is 6.92 Å². The molecule has 0 bridgehead atoms. The molecule has 1 fully saturated rings. The van der Waals surface area contributed by atoms with Crippen LogP contribution in [0.25, 0.3) is 0 Å². The Hall–Kier alpha value is -2.82. The lowest BCUT2D eigenvalue weighted by molar-refractivity contribution is 0.0686. The molecule has 144 valence electrons. The average Bonchev–Trinajstić information content (AvgIpc) is 2.69. The van der Waals surface area contributed by atoms with Gasteiger partial charge in [0.25, 0.3) is 0 Å². The Bertz CT molecular complexity index is 741. The third-order valence-corrected chi connectivity index (χ3v) is 4.98. The van der Waals surface area contributed by atoms with Crippen molar-refractivity contribution < 1.29 is 24.5 Å². The smallest absolute Gasteiger partial charge is 0.335 e. The van der Waals surface area contributed by atoms with Crippen molar-refractivity contribution in [3.05, 3.63) is 65.2 Å². The maximum Gasteiger partial charge on any atom is 0.335 e.